The van der Waals surface area contributed by atoms with Crippen LogP contribution in [0.4, 0.5) is 0 Å². The molecule has 1 heterocycles. The lowest BCUT2D eigenvalue weighted by Gasteiger charge is -2.26. The van der Waals surface area contributed by atoms with E-state index < -0.39 is 0 Å². The topological polar surface area (TPSA) is 29.5 Å². The lowest BCUT2D eigenvalue weighted by atomic mass is 10.1. The molecule has 0 aliphatic carbocycles. The number of rotatable bonds is 13. The van der Waals surface area contributed by atoms with Gasteiger partial charge in [-0.05, 0) is 51.7 Å². The lowest BCUT2D eigenvalue weighted by Crippen LogP contribution is -2.30. The van der Waals surface area contributed by atoms with Crippen molar-refractivity contribution in [2.24, 2.45) is 0 Å². The summed E-state index contributed by atoms with van der Waals surface area (Å²) in [6.07, 6.45) is 15.8. The maximum atomic E-state index is 11.4. The number of hydrogen-bond acceptors (Lipinski definition) is 3. The van der Waals surface area contributed by atoms with Gasteiger partial charge in [0.1, 0.15) is 0 Å². The molecule has 0 aromatic heterocycles. The third kappa shape index (κ3) is 11.1. The quantitative estimate of drug-likeness (QED) is 0.356. The maximum Gasteiger partial charge on any atom is 0.305 e. The molecule has 1 fully saturated rings. The maximum absolute atomic E-state index is 11.4. The van der Waals surface area contributed by atoms with Crippen LogP contribution in [-0.2, 0) is 9.53 Å². The summed E-state index contributed by atoms with van der Waals surface area (Å²) >= 11 is 0. The summed E-state index contributed by atoms with van der Waals surface area (Å²) in [4.78, 5) is 14.0. The summed E-state index contributed by atoms with van der Waals surface area (Å²) in [5.74, 6) is -0.00465. The smallest absolute Gasteiger partial charge is 0.305 e. The summed E-state index contributed by atoms with van der Waals surface area (Å²) in [6, 6.07) is 0. The average molecular weight is 312 g/mol. The molecular weight excluding hydrogens is 274 g/mol. The molecule has 0 amide bonds. The van der Waals surface area contributed by atoms with E-state index in [4.69, 9.17) is 4.74 Å². The van der Waals surface area contributed by atoms with Crippen molar-refractivity contribution in [1.29, 1.82) is 0 Å². The van der Waals surface area contributed by atoms with Crippen molar-refractivity contribution in [3.05, 3.63) is 0 Å². The second-order valence-electron chi connectivity index (χ2n) is 6.70. The van der Waals surface area contributed by atoms with Gasteiger partial charge in [0.25, 0.3) is 0 Å². The molecule has 0 atom stereocenters. The molecule has 0 aromatic rings. The molecule has 1 aliphatic rings. The third-order valence-corrected chi connectivity index (χ3v) is 4.56. The van der Waals surface area contributed by atoms with Gasteiger partial charge in [0, 0.05) is 6.42 Å². The highest BCUT2D eigenvalue weighted by Gasteiger charge is 2.08. The highest BCUT2D eigenvalue weighted by molar-refractivity contribution is 5.69. The van der Waals surface area contributed by atoms with E-state index in [9.17, 15) is 4.79 Å². The molecule has 1 rings (SSSR count). The molecule has 0 spiro atoms. The molecule has 0 bridgehead atoms. The highest BCUT2D eigenvalue weighted by Crippen LogP contribution is 2.12. The molecule has 0 radical (unpaired) electrons. The van der Waals surface area contributed by atoms with E-state index in [0.29, 0.717) is 13.0 Å². The molecular formula is C19H37NO2. The van der Waals surface area contributed by atoms with Crippen LogP contribution in [0.15, 0.2) is 0 Å². The number of carbonyl (C=O) groups excluding carboxylic acids is 1. The first-order valence-electron chi connectivity index (χ1n) is 9.71. The fourth-order valence-corrected chi connectivity index (χ4v) is 3.07. The standard InChI is InChI=1S/C19H37NO2/c1-2-3-18-22-19(21)14-10-7-5-4-6-8-11-15-20-16-12-9-13-17-20/h2-18H2,1H3. The van der Waals surface area contributed by atoms with Crippen molar-refractivity contribution >= 4 is 5.97 Å². The van der Waals surface area contributed by atoms with Crippen LogP contribution in [0.3, 0.4) is 0 Å². The third-order valence-electron chi connectivity index (χ3n) is 4.56. The first kappa shape index (κ1) is 19.5. The van der Waals surface area contributed by atoms with Crippen LogP contribution >= 0.6 is 0 Å². The predicted molar refractivity (Wildman–Crippen MR) is 93.1 cm³/mol. The zero-order valence-electron chi connectivity index (χ0n) is 14.8. The van der Waals surface area contributed by atoms with Crippen molar-refractivity contribution in [2.75, 3.05) is 26.2 Å². The lowest BCUT2D eigenvalue weighted by molar-refractivity contribution is -0.143. The van der Waals surface area contributed by atoms with Crippen molar-refractivity contribution in [2.45, 2.75) is 90.4 Å². The molecule has 1 saturated heterocycles. The Morgan fingerprint density at radius 1 is 0.864 bits per heavy atom. The molecule has 0 aromatic carbocycles. The molecule has 1 aliphatic heterocycles. The van der Waals surface area contributed by atoms with Crippen LogP contribution in [0, 0.1) is 0 Å². The first-order valence-corrected chi connectivity index (χ1v) is 9.71. The zero-order valence-corrected chi connectivity index (χ0v) is 14.8. The molecule has 0 N–H and O–H groups in total. The number of ether oxygens (including phenoxy) is 1. The fourth-order valence-electron chi connectivity index (χ4n) is 3.07. The Labute approximate surface area is 137 Å². The van der Waals surface area contributed by atoms with Gasteiger partial charge < -0.3 is 9.64 Å². The van der Waals surface area contributed by atoms with Gasteiger partial charge in [-0.15, -0.1) is 0 Å². The van der Waals surface area contributed by atoms with E-state index in [1.54, 1.807) is 0 Å². The molecule has 22 heavy (non-hydrogen) atoms. The molecule has 130 valence electrons. The second-order valence-corrected chi connectivity index (χ2v) is 6.70. The Kier molecular flexibility index (Phi) is 12.4. The van der Waals surface area contributed by atoms with Crippen molar-refractivity contribution in [1.82, 2.24) is 4.90 Å². The minimum Gasteiger partial charge on any atom is -0.466 e. The number of piperidine rings is 1. The number of esters is 1. The van der Waals surface area contributed by atoms with E-state index in [-0.39, 0.29) is 5.97 Å². The number of carbonyl (C=O) groups is 1. The van der Waals surface area contributed by atoms with Crippen molar-refractivity contribution in [3.8, 4) is 0 Å². The number of nitrogens with zero attached hydrogens (tertiary/aromatic N) is 1. The monoisotopic (exact) mass is 311 g/mol. The van der Waals surface area contributed by atoms with Gasteiger partial charge in [-0.25, -0.2) is 0 Å². The minimum absolute atomic E-state index is 0.00465. The average Bonchev–Trinajstić information content (AvgIpc) is 2.54. The van der Waals surface area contributed by atoms with Gasteiger partial charge in [-0.2, -0.15) is 0 Å². The summed E-state index contributed by atoms with van der Waals surface area (Å²) < 4.78 is 5.16. The number of hydrogen-bond donors (Lipinski definition) is 0. The van der Waals surface area contributed by atoms with Crippen LogP contribution in [-0.4, -0.2) is 37.1 Å². The van der Waals surface area contributed by atoms with Gasteiger partial charge in [0.2, 0.25) is 0 Å². The SMILES string of the molecule is CCCCOC(=O)CCCCCCCCCN1CCCCC1. The molecule has 3 nitrogen and oxygen atoms in total. The van der Waals surface area contributed by atoms with E-state index in [2.05, 4.69) is 11.8 Å². The fraction of sp³-hybridized carbons (Fsp3) is 0.947. The predicted octanol–water partition coefficient (Wildman–Crippen LogP) is 4.94. The Hall–Kier alpha value is -0.570. The zero-order chi connectivity index (χ0) is 15.9. The molecule has 0 unspecified atom stereocenters. The summed E-state index contributed by atoms with van der Waals surface area (Å²) in [5.41, 5.74) is 0. The van der Waals surface area contributed by atoms with Crippen molar-refractivity contribution in [3.63, 3.8) is 0 Å². The normalized spacial score (nSPS) is 15.9. The van der Waals surface area contributed by atoms with Gasteiger partial charge in [0.15, 0.2) is 0 Å². The van der Waals surface area contributed by atoms with Crippen LogP contribution < -0.4 is 0 Å². The number of unbranched alkanes of at least 4 members (excludes halogenated alkanes) is 7. The van der Waals surface area contributed by atoms with Crippen molar-refractivity contribution < 1.29 is 9.53 Å². The van der Waals surface area contributed by atoms with Gasteiger partial charge >= 0.3 is 5.97 Å². The van der Waals surface area contributed by atoms with Crippen LogP contribution in [0.2, 0.25) is 0 Å². The van der Waals surface area contributed by atoms with E-state index in [0.717, 1.165) is 19.3 Å². The second kappa shape index (κ2) is 14.0. The van der Waals surface area contributed by atoms with Crippen LogP contribution in [0.25, 0.3) is 0 Å². The molecule has 0 saturated carbocycles. The Morgan fingerprint density at radius 2 is 1.50 bits per heavy atom. The van der Waals surface area contributed by atoms with E-state index in [1.165, 1.54) is 77.4 Å². The minimum atomic E-state index is -0.00465. The first-order chi connectivity index (χ1) is 10.8. The Morgan fingerprint density at radius 3 is 2.18 bits per heavy atom. The largest absolute Gasteiger partial charge is 0.466 e. The number of likely N-dealkylation sites (tertiary alicyclic amines) is 1. The van der Waals surface area contributed by atoms with Crippen LogP contribution in [0.5, 0.6) is 0 Å². The van der Waals surface area contributed by atoms with Crippen LogP contribution in [0.1, 0.15) is 90.4 Å². The summed E-state index contributed by atoms with van der Waals surface area (Å²) in [7, 11) is 0. The Balaban J connectivity index is 1.76. The molecule has 3 heteroatoms. The van der Waals surface area contributed by atoms with Gasteiger partial charge in [-0.3, -0.25) is 4.79 Å². The van der Waals surface area contributed by atoms with E-state index in [1.807, 2.05) is 0 Å². The summed E-state index contributed by atoms with van der Waals surface area (Å²) in [6.45, 7) is 6.68. The van der Waals surface area contributed by atoms with Gasteiger partial charge in [-0.1, -0.05) is 51.9 Å². The van der Waals surface area contributed by atoms with Gasteiger partial charge in [0.05, 0.1) is 6.61 Å². The van der Waals surface area contributed by atoms with E-state index >= 15 is 0 Å². The highest BCUT2D eigenvalue weighted by atomic mass is 16.5. The summed E-state index contributed by atoms with van der Waals surface area (Å²) in [5, 5.41) is 0. The Bertz CT molecular complexity index is 262.